The number of carbonyl (C=O) groups is 2. The summed E-state index contributed by atoms with van der Waals surface area (Å²) in [5, 5.41) is 3.81. The second kappa shape index (κ2) is 5.26. The molecule has 0 saturated carbocycles. The van der Waals surface area contributed by atoms with E-state index in [1.165, 1.54) is 0 Å². The number of rotatable bonds is 3. The van der Waals surface area contributed by atoms with Crippen LogP contribution in [0.3, 0.4) is 0 Å². The molecule has 1 unspecified atom stereocenters. The predicted molar refractivity (Wildman–Crippen MR) is 73.0 cm³/mol. The molecule has 6 nitrogen and oxygen atoms in total. The van der Waals surface area contributed by atoms with Crippen LogP contribution in [0.15, 0.2) is 4.52 Å². The molecule has 1 aliphatic heterocycles. The molecule has 110 valence electrons. The maximum Gasteiger partial charge on any atom is 0.259 e. The van der Waals surface area contributed by atoms with Crippen molar-refractivity contribution in [2.45, 2.75) is 40.0 Å². The number of carbonyl (C=O) groups excluding carboxylic acids is 2. The number of aromatic nitrogens is 1. The van der Waals surface area contributed by atoms with Gasteiger partial charge in [0.2, 0.25) is 5.91 Å². The summed E-state index contributed by atoms with van der Waals surface area (Å²) in [4.78, 5) is 26.1. The molecule has 0 aliphatic carbocycles. The molecule has 1 aliphatic rings. The van der Waals surface area contributed by atoms with Crippen LogP contribution in [0.4, 0.5) is 0 Å². The molecule has 1 aromatic heterocycles. The van der Waals surface area contributed by atoms with E-state index in [2.05, 4.69) is 5.16 Å². The number of hydrogen-bond acceptors (Lipinski definition) is 4. The van der Waals surface area contributed by atoms with Crippen LogP contribution in [0, 0.1) is 19.3 Å². The molecule has 2 amide bonds. The molecule has 0 aromatic carbocycles. The molecule has 1 saturated heterocycles. The highest BCUT2D eigenvalue weighted by atomic mass is 16.5. The smallest absolute Gasteiger partial charge is 0.259 e. The van der Waals surface area contributed by atoms with Crippen molar-refractivity contribution in [2.24, 2.45) is 11.1 Å². The first-order valence-electron chi connectivity index (χ1n) is 6.93. The minimum atomic E-state index is -0.604. The van der Waals surface area contributed by atoms with Gasteiger partial charge in [-0.25, -0.2) is 0 Å². The van der Waals surface area contributed by atoms with Gasteiger partial charge in [-0.2, -0.15) is 0 Å². The molecule has 0 radical (unpaired) electrons. The van der Waals surface area contributed by atoms with E-state index in [-0.39, 0.29) is 11.8 Å². The van der Waals surface area contributed by atoms with Crippen LogP contribution in [0.25, 0.3) is 0 Å². The molecule has 6 heteroatoms. The Balaban J connectivity index is 2.25. The monoisotopic (exact) mass is 279 g/mol. The number of nitrogens with zero attached hydrogens (tertiary/aromatic N) is 2. The minimum absolute atomic E-state index is 0.125. The average Bonchev–Trinajstić information content (AvgIpc) is 2.77. The molecule has 0 spiro atoms. The van der Waals surface area contributed by atoms with Gasteiger partial charge in [0.05, 0.1) is 11.1 Å². The van der Waals surface area contributed by atoms with E-state index >= 15 is 0 Å². The summed E-state index contributed by atoms with van der Waals surface area (Å²) >= 11 is 0. The van der Waals surface area contributed by atoms with Crippen molar-refractivity contribution in [1.29, 1.82) is 0 Å². The third kappa shape index (κ3) is 2.30. The summed E-state index contributed by atoms with van der Waals surface area (Å²) in [6, 6.07) is 0. The van der Waals surface area contributed by atoms with Gasteiger partial charge in [-0.05, 0) is 33.1 Å². The lowest BCUT2D eigenvalue weighted by Gasteiger charge is -2.40. The van der Waals surface area contributed by atoms with Crippen LogP contribution in [0.1, 0.15) is 48.0 Å². The third-order valence-corrected chi connectivity index (χ3v) is 4.31. The first-order valence-corrected chi connectivity index (χ1v) is 6.93. The maximum atomic E-state index is 12.6. The summed E-state index contributed by atoms with van der Waals surface area (Å²) in [6.45, 7) is 6.42. The SMILES string of the molecule is CCC1(C(N)=O)CCCN(C(=O)c2c(C)noc2C)C1. The zero-order chi connectivity index (χ0) is 14.9. The highest BCUT2D eigenvalue weighted by Crippen LogP contribution is 2.34. The maximum absolute atomic E-state index is 12.6. The fraction of sp³-hybridized carbons (Fsp3) is 0.643. The number of hydrogen-bond donors (Lipinski definition) is 1. The van der Waals surface area contributed by atoms with Crippen LogP contribution in [0.5, 0.6) is 0 Å². The Morgan fingerprint density at radius 1 is 1.45 bits per heavy atom. The Morgan fingerprint density at radius 3 is 2.65 bits per heavy atom. The summed E-state index contributed by atoms with van der Waals surface area (Å²) < 4.78 is 5.04. The first kappa shape index (κ1) is 14.6. The number of nitrogens with two attached hydrogens (primary N) is 1. The second-order valence-electron chi connectivity index (χ2n) is 5.53. The van der Waals surface area contributed by atoms with Crippen molar-refractivity contribution in [3.05, 3.63) is 17.0 Å². The van der Waals surface area contributed by atoms with Crippen LogP contribution >= 0.6 is 0 Å². The van der Waals surface area contributed by atoms with E-state index in [1.807, 2.05) is 6.92 Å². The Hall–Kier alpha value is -1.85. The van der Waals surface area contributed by atoms with E-state index < -0.39 is 5.41 Å². The standard InChI is InChI=1S/C14H21N3O3/c1-4-14(13(15)19)6-5-7-17(8-14)12(18)11-9(2)16-20-10(11)3/h4-8H2,1-3H3,(H2,15,19). The number of likely N-dealkylation sites (tertiary alicyclic amines) is 1. The molecular weight excluding hydrogens is 258 g/mol. The van der Waals surface area contributed by atoms with E-state index in [4.69, 9.17) is 10.3 Å². The van der Waals surface area contributed by atoms with Gasteiger partial charge in [-0.3, -0.25) is 9.59 Å². The number of piperidine rings is 1. The Kier molecular flexibility index (Phi) is 3.83. The molecule has 0 bridgehead atoms. The molecule has 1 atom stereocenters. The number of primary amides is 1. The first-order chi connectivity index (χ1) is 9.41. The molecular formula is C14H21N3O3. The lowest BCUT2D eigenvalue weighted by Crippen LogP contribution is -2.52. The van der Waals surface area contributed by atoms with Crippen LogP contribution in [-0.2, 0) is 4.79 Å². The Morgan fingerprint density at radius 2 is 2.15 bits per heavy atom. The number of amides is 2. The Bertz CT molecular complexity index is 518. The largest absolute Gasteiger partial charge is 0.369 e. The average molecular weight is 279 g/mol. The molecule has 20 heavy (non-hydrogen) atoms. The van der Waals surface area contributed by atoms with Gasteiger partial charge in [-0.15, -0.1) is 0 Å². The zero-order valence-electron chi connectivity index (χ0n) is 12.2. The van der Waals surface area contributed by atoms with Gasteiger partial charge in [0, 0.05) is 13.1 Å². The third-order valence-electron chi connectivity index (χ3n) is 4.31. The highest BCUT2D eigenvalue weighted by molar-refractivity contribution is 5.96. The number of aryl methyl sites for hydroxylation is 2. The van der Waals surface area contributed by atoms with Gasteiger partial charge in [0.1, 0.15) is 11.3 Å². The van der Waals surface area contributed by atoms with Crippen molar-refractivity contribution in [3.8, 4) is 0 Å². The van der Waals surface area contributed by atoms with Gasteiger partial charge in [0.25, 0.3) is 5.91 Å². The normalized spacial score (nSPS) is 22.9. The molecule has 2 heterocycles. The summed E-state index contributed by atoms with van der Waals surface area (Å²) in [7, 11) is 0. The fourth-order valence-corrected chi connectivity index (χ4v) is 2.92. The quantitative estimate of drug-likeness (QED) is 0.905. The minimum Gasteiger partial charge on any atom is -0.369 e. The lowest BCUT2D eigenvalue weighted by molar-refractivity contribution is -0.130. The van der Waals surface area contributed by atoms with E-state index in [9.17, 15) is 9.59 Å². The Labute approximate surface area is 118 Å². The molecule has 2 rings (SSSR count). The van der Waals surface area contributed by atoms with Crippen LogP contribution < -0.4 is 5.73 Å². The van der Waals surface area contributed by atoms with Gasteiger partial charge in [-0.1, -0.05) is 12.1 Å². The van der Waals surface area contributed by atoms with E-state index in [0.717, 1.165) is 12.8 Å². The topological polar surface area (TPSA) is 89.4 Å². The van der Waals surface area contributed by atoms with Gasteiger partial charge < -0.3 is 15.2 Å². The highest BCUT2D eigenvalue weighted by Gasteiger charge is 2.41. The van der Waals surface area contributed by atoms with Crippen molar-refractivity contribution in [3.63, 3.8) is 0 Å². The summed E-state index contributed by atoms with van der Waals surface area (Å²) in [5.41, 5.74) is 6.03. The summed E-state index contributed by atoms with van der Waals surface area (Å²) in [6.07, 6.45) is 2.17. The fourth-order valence-electron chi connectivity index (χ4n) is 2.92. The van der Waals surface area contributed by atoms with Crippen molar-refractivity contribution < 1.29 is 14.1 Å². The van der Waals surface area contributed by atoms with Crippen LogP contribution in [-0.4, -0.2) is 35.0 Å². The molecule has 2 N–H and O–H groups in total. The van der Waals surface area contributed by atoms with E-state index in [1.54, 1.807) is 18.7 Å². The van der Waals surface area contributed by atoms with Crippen molar-refractivity contribution in [1.82, 2.24) is 10.1 Å². The van der Waals surface area contributed by atoms with Crippen molar-refractivity contribution in [2.75, 3.05) is 13.1 Å². The second-order valence-corrected chi connectivity index (χ2v) is 5.53. The molecule has 1 fully saturated rings. The van der Waals surface area contributed by atoms with Crippen molar-refractivity contribution >= 4 is 11.8 Å². The summed E-state index contributed by atoms with van der Waals surface area (Å²) in [5.74, 6) is 0.0653. The van der Waals surface area contributed by atoms with Gasteiger partial charge >= 0.3 is 0 Å². The molecule has 1 aromatic rings. The predicted octanol–water partition coefficient (Wildman–Crippen LogP) is 1.41. The lowest BCUT2D eigenvalue weighted by atomic mass is 9.77. The van der Waals surface area contributed by atoms with E-state index in [0.29, 0.717) is 36.5 Å². The van der Waals surface area contributed by atoms with Gasteiger partial charge in [0.15, 0.2) is 0 Å². The van der Waals surface area contributed by atoms with Crippen LogP contribution in [0.2, 0.25) is 0 Å². The zero-order valence-corrected chi connectivity index (χ0v) is 12.2.